The summed E-state index contributed by atoms with van der Waals surface area (Å²) < 4.78 is 75.6. The van der Waals surface area contributed by atoms with Crippen LogP contribution in [0.5, 0.6) is 0 Å². The number of rotatable bonds is 2. The third kappa shape index (κ3) is 3.43. The van der Waals surface area contributed by atoms with E-state index in [-0.39, 0.29) is 27.7 Å². The summed E-state index contributed by atoms with van der Waals surface area (Å²) >= 11 is 0.238. The van der Waals surface area contributed by atoms with Gasteiger partial charge in [0.25, 0.3) is 0 Å². The zero-order valence-corrected chi connectivity index (χ0v) is 11.1. The highest BCUT2D eigenvalue weighted by molar-refractivity contribution is 7.15. The lowest BCUT2D eigenvalue weighted by atomic mass is 10.2. The van der Waals surface area contributed by atoms with Gasteiger partial charge in [0.05, 0.1) is 16.1 Å². The Morgan fingerprint density at radius 3 is 2.19 bits per heavy atom. The van der Waals surface area contributed by atoms with E-state index in [1.165, 1.54) is 7.05 Å². The molecule has 0 unspecified atom stereocenters. The molecule has 3 nitrogen and oxygen atoms in total. The minimum Gasteiger partial charge on any atom is -0.373 e. The van der Waals surface area contributed by atoms with E-state index in [0.29, 0.717) is 6.07 Å². The molecule has 0 fully saturated rings. The number of nitrogens with zero attached hydrogens (tertiary/aromatic N) is 2. The fourth-order valence-electron chi connectivity index (χ4n) is 1.47. The van der Waals surface area contributed by atoms with Gasteiger partial charge in [0.1, 0.15) is 5.82 Å². The van der Waals surface area contributed by atoms with Gasteiger partial charge in [-0.05, 0) is 12.1 Å². The molecule has 1 N–H and O–H groups in total. The van der Waals surface area contributed by atoms with E-state index >= 15 is 0 Å². The maximum absolute atomic E-state index is 12.7. The standard InChI is InChI=1S/C11H7F6N3S/c1-18-8-3-5(10(12,13)14)2-6(20-8)7-4-19-9(21-7)11(15,16)17/h2-4H,1H3,(H,18,20). The van der Waals surface area contributed by atoms with Gasteiger partial charge in [-0.25, -0.2) is 9.97 Å². The van der Waals surface area contributed by atoms with Crippen LogP contribution in [-0.2, 0) is 12.4 Å². The number of hydrogen-bond acceptors (Lipinski definition) is 4. The predicted molar refractivity (Wildman–Crippen MR) is 64.9 cm³/mol. The van der Waals surface area contributed by atoms with E-state index < -0.39 is 22.9 Å². The molecule has 2 aromatic rings. The molecule has 2 aromatic heterocycles. The average Bonchev–Trinajstić information content (AvgIpc) is 2.86. The summed E-state index contributed by atoms with van der Waals surface area (Å²) in [5, 5.41) is 1.30. The molecule has 0 saturated carbocycles. The average molecular weight is 327 g/mol. The first kappa shape index (κ1) is 15.5. The molecule has 2 heterocycles. The molecular weight excluding hydrogens is 320 g/mol. The molecule has 0 aromatic carbocycles. The molecule has 0 aliphatic carbocycles. The lowest BCUT2D eigenvalue weighted by Gasteiger charge is -2.10. The minimum absolute atomic E-state index is 0.0927. The molecule has 0 amide bonds. The van der Waals surface area contributed by atoms with Gasteiger partial charge in [0.15, 0.2) is 5.01 Å². The highest BCUT2D eigenvalue weighted by atomic mass is 32.1. The maximum atomic E-state index is 12.7. The lowest BCUT2D eigenvalue weighted by molar-refractivity contribution is -0.138. The van der Waals surface area contributed by atoms with Crippen LogP contribution >= 0.6 is 11.3 Å². The number of halogens is 6. The summed E-state index contributed by atoms with van der Waals surface area (Å²) in [6.45, 7) is 0. The summed E-state index contributed by atoms with van der Waals surface area (Å²) in [6, 6.07) is 1.46. The van der Waals surface area contributed by atoms with E-state index in [1.807, 2.05) is 0 Å². The molecule has 0 bridgehead atoms. The zero-order chi connectivity index (χ0) is 15.8. The Morgan fingerprint density at radius 1 is 1.05 bits per heavy atom. The van der Waals surface area contributed by atoms with Crippen molar-refractivity contribution in [2.75, 3.05) is 12.4 Å². The van der Waals surface area contributed by atoms with Gasteiger partial charge in [-0.2, -0.15) is 26.3 Å². The zero-order valence-electron chi connectivity index (χ0n) is 10.3. The molecule has 0 aliphatic rings. The van der Waals surface area contributed by atoms with Crippen LogP contribution in [0, 0.1) is 0 Å². The molecular formula is C11H7F6N3S. The number of hydrogen-bond donors (Lipinski definition) is 1. The summed E-state index contributed by atoms with van der Waals surface area (Å²) in [5.74, 6) is -0.0956. The number of pyridine rings is 1. The molecule has 2 rings (SSSR count). The summed E-state index contributed by atoms with van der Waals surface area (Å²) in [4.78, 5) is 6.89. The van der Waals surface area contributed by atoms with Crippen LogP contribution in [0.2, 0.25) is 0 Å². The van der Waals surface area contributed by atoms with Crippen molar-refractivity contribution in [2.45, 2.75) is 12.4 Å². The molecule has 0 spiro atoms. The molecule has 10 heteroatoms. The van der Waals surface area contributed by atoms with Gasteiger partial charge in [-0.3, -0.25) is 0 Å². The number of thiazole rings is 1. The van der Waals surface area contributed by atoms with Crippen molar-refractivity contribution in [3.63, 3.8) is 0 Å². The maximum Gasteiger partial charge on any atom is 0.443 e. The second-order valence-electron chi connectivity index (χ2n) is 3.90. The quantitative estimate of drug-likeness (QED) is 0.837. The Kier molecular flexibility index (Phi) is 3.83. The van der Waals surface area contributed by atoms with Crippen LogP contribution in [0.1, 0.15) is 10.6 Å². The van der Waals surface area contributed by atoms with Crippen molar-refractivity contribution in [1.82, 2.24) is 9.97 Å². The largest absolute Gasteiger partial charge is 0.443 e. The van der Waals surface area contributed by atoms with Gasteiger partial charge >= 0.3 is 12.4 Å². The molecule has 114 valence electrons. The topological polar surface area (TPSA) is 37.8 Å². The first-order chi connectivity index (χ1) is 9.61. The monoisotopic (exact) mass is 327 g/mol. The summed E-state index contributed by atoms with van der Waals surface area (Å²) in [6.07, 6.45) is -8.41. The van der Waals surface area contributed by atoms with Gasteiger partial charge in [-0.15, -0.1) is 11.3 Å². The molecule has 0 radical (unpaired) electrons. The van der Waals surface area contributed by atoms with Crippen molar-refractivity contribution in [1.29, 1.82) is 0 Å². The predicted octanol–water partition coefficient (Wildman–Crippen LogP) is 4.28. The van der Waals surface area contributed by atoms with Crippen LogP contribution in [0.25, 0.3) is 10.6 Å². The Morgan fingerprint density at radius 2 is 1.71 bits per heavy atom. The second kappa shape index (κ2) is 5.17. The smallest absolute Gasteiger partial charge is 0.373 e. The van der Waals surface area contributed by atoms with Gasteiger partial charge < -0.3 is 5.32 Å². The second-order valence-corrected chi connectivity index (χ2v) is 4.93. The van der Waals surface area contributed by atoms with Crippen LogP contribution < -0.4 is 5.32 Å². The normalized spacial score (nSPS) is 12.5. The van der Waals surface area contributed by atoms with E-state index in [1.54, 1.807) is 0 Å². The molecule has 21 heavy (non-hydrogen) atoms. The third-order valence-electron chi connectivity index (χ3n) is 2.41. The van der Waals surface area contributed by atoms with Crippen molar-refractivity contribution < 1.29 is 26.3 Å². The van der Waals surface area contributed by atoms with Gasteiger partial charge in [0.2, 0.25) is 0 Å². The van der Waals surface area contributed by atoms with Gasteiger partial charge in [0, 0.05) is 13.2 Å². The van der Waals surface area contributed by atoms with Gasteiger partial charge in [-0.1, -0.05) is 0 Å². The summed E-state index contributed by atoms with van der Waals surface area (Å²) in [7, 11) is 1.36. The van der Waals surface area contributed by atoms with Crippen LogP contribution in [0.3, 0.4) is 0 Å². The van der Waals surface area contributed by atoms with Crippen molar-refractivity contribution >= 4 is 17.2 Å². The van der Waals surface area contributed by atoms with E-state index in [9.17, 15) is 26.3 Å². The highest BCUT2D eigenvalue weighted by Gasteiger charge is 2.35. The number of anilines is 1. The van der Waals surface area contributed by atoms with Crippen LogP contribution in [0.4, 0.5) is 32.2 Å². The molecule has 0 saturated heterocycles. The number of alkyl halides is 6. The van der Waals surface area contributed by atoms with Crippen molar-refractivity contribution in [3.8, 4) is 10.6 Å². The van der Waals surface area contributed by atoms with Crippen LogP contribution in [0.15, 0.2) is 18.3 Å². The third-order valence-corrected chi connectivity index (χ3v) is 3.47. The first-order valence-corrected chi connectivity index (χ1v) is 6.23. The van der Waals surface area contributed by atoms with E-state index in [2.05, 4.69) is 15.3 Å². The number of aromatic nitrogens is 2. The van der Waals surface area contributed by atoms with E-state index in [4.69, 9.17) is 0 Å². The number of nitrogens with one attached hydrogen (secondary N) is 1. The summed E-state index contributed by atoms with van der Waals surface area (Å²) in [5.41, 5.74) is -1.22. The Bertz CT molecular complexity index is 646. The highest BCUT2D eigenvalue weighted by Crippen LogP contribution is 2.38. The SMILES string of the molecule is CNc1cc(C(F)(F)F)cc(-c2cnc(C(F)(F)F)s2)n1. The fourth-order valence-corrected chi connectivity index (χ4v) is 2.22. The van der Waals surface area contributed by atoms with Crippen LogP contribution in [-0.4, -0.2) is 17.0 Å². The molecule has 0 atom stereocenters. The first-order valence-electron chi connectivity index (χ1n) is 5.41. The Hall–Kier alpha value is -1.84. The molecule has 0 aliphatic heterocycles. The van der Waals surface area contributed by atoms with E-state index in [0.717, 1.165) is 12.3 Å². The van der Waals surface area contributed by atoms with Crippen molar-refractivity contribution in [2.24, 2.45) is 0 Å². The Labute approximate surface area is 118 Å². The minimum atomic E-state index is -4.64. The lowest BCUT2D eigenvalue weighted by Crippen LogP contribution is -2.07. The fraction of sp³-hybridized carbons (Fsp3) is 0.273. The Balaban J connectivity index is 2.51. The van der Waals surface area contributed by atoms with Crippen molar-refractivity contribution in [3.05, 3.63) is 28.9 Å².